The number of hydrogen-bond donors (Lipinski definition) is 0. The molecule has 1 aromatic carbocycles. The van der Waals surface area contributed by atoms with E-state index in [1.165, 1.54) is 37.5 Å². The zero-order valence-corrected chi connectivity index (χ0v) is 15.3. The lowest BCUT2D eigenvalue weighted by Crippen LogP contribution is -2.40. The van der Waals surface area contributed by atoms with Crippen LogP contribution in [-0.4, -0.2) is 54.2 Å². The third kappa shape index (κ3) is 5.99. The van der Waals surface area contributed by atoms with Gasteiger partial charge in [0.2, 0.25) is 0 Å². The van der Waals surface area contributed by atoms with E-state index in [1.807, 2.05) is 6.20 Å². The predicted octanol–water partition coefficient (Wildman–Crippen LogP) is 4.23. The third-order valence-corrected chi connectivity index (χ3v) is 5.13. The number of rotatable bonds is 6. The van der Waals surface area contributed by atoms with E-state index in [2.05, 4.69) is 14.5 Å². The molecular weight excluding hydrogens is 357 g/mol. The number of halogens is 3. The number of piperidine rings is 1. The lowest BCUT2D eigenvalue weighted by molar-refractivity contribution is -0.274. The summed E-state index contributed by atoms with van der Waals surface area (Å²) in [4.78, 5) is 17.0. The number of nitrogens with zero attached hydrogens (tertiary/aromatic N) is 2. The molecule has 2 saturated heterocycles. The molecule has 0 aromatic heterocycles. The van der Waals surface area contributed by atoms with Crippen LogP contribution in [0, 0.1) is 0 Å². The first-order valence-electron chi connectivity index (χ1n) is 9.47. The van der Waals surface area contributed by atoms with Crippen LogP contribution in [-0.2, 0) is 0 Å². The maximum absolute atomic E-state index is 12.3. The minimum Gasteiger partial charge on any atom is -0.406 e. The Labute approximate surface area is 157 Å². The molecule has 7 heteroatoms. The van der Waals surface area contributed by atoms with Gasteiger partial charge in [-0.1, -0.05) is 6.42 Å². The number of carbonyl (C=O) groups is 1. The van der Waals surface area contributed by atoms with E-state index in [9.17, 15) is 18.0 Å². The smallest absolute Gasteiger partial charge is 0.406 e. The van der Waals surface area contributed by atoms with Crippen LogP contribution in [0.5, 0.6) is 5.75 Å². The fourth-order valence-electron chi connectivity index (χ4n) is 3.77. The van der Waals surface area contributed by atoms with E-state index in [1.54, 1.807) is 0 Å². The van der Waals surface area contributed by atoms with Crippen LogP contribution in [0.3, 0.4) is 0 Å². The minimum absolute atomic E-state index is 0.225. The van der Waals surface area contributed by atoms with Crippen molar-refractivity contribution in [2.45, 2.75) is 44.5 Å². The largest absolute Gasteiger partial charge is 0.573 e. The third-order valence-electron chi connectivity index (χ3n) is 5.13. The Hall–Kier alpha value is -2.02. The van der Waals surface area contributed by atoms with Gasteiger partial charge < -0.3 is 14.5 Å². The van der Waals surface area contributed by atoms with Gasteiger partial charge >= 0.3 is 6.36 Å². The lowest BCUT2D eigenvalue weighted by Gasteiger charge is -2.32. The number of allylic oxidation sites excluding steroid dienone is 1. The van der Waals surface area contributed by atoms with Crippen LogP contribution < -0.4 is 4.74 Å². The first-order chi connectivity index (χ1) is 12.9. The first kappa shape index (κ1) is 19.7. The van der Waals surface area contributed by atoms with Crippen molar-refractivity contribution >= 4 is 5.78 Å². The van der Waals surface area contributed by atoms with E-state index in [0.29, 0.717) is 11.6 Å². The predicted molar refractivity (Wildman–Crippen MR) is 96.6 cm³/mol. The van der Waals surface area contributed by atoms with Gasteiger partial charge in [-0.2, -0.15) is 0 Å². The summed E-state index contributed by atoms with van der Waals surface area (Å²) >= 11 is 0. The summed E-state index contributed by atoms with van der Waals surface area (Å²) in [6.45, 7) is 4.27. The minimum atomic E-state index is -4.73. The molecule has 0 amide bonds. The highest BCUT2D eigenvalue weighted by atomic mass is 19.4. The molecule has 27 heavy (non-hydrogen) atoms. The monoisotopic (exact) mass is 382 g/mol. The Morgan fingerprint density at radius 3 is 2.44 bits per heavy atom. The topological polar surface area (TPSA) is 32.8 Å². The Bertz CT molecular complexity index is 652. The van der Waals surface area contributed by atoms with Crippen LogP contribution in [0.15, 0.2) is 36.5 Å². The van der Waals surface area contributed by atoms with Crippen molar-refractivity contribution < 1.29 is 22.7 Å². The summed E-state index contributed by atoms with van der Waals surface area (Å²) in [6, 6.07) is 5.44. The Morgan fingerprint density at radius 1 is 1.07 bits per heavy atom. The number of ketones is 1. The second kappa shape index (κ2) is 8.78. The van der Waals surface area contributed by atoms with Crippen molar-refractivity contribution in [3.8, 4) is 5.75 Å². The first-order valence-corrected chi connectivity index (χ1v) is 9.47. The molecule has 3 rings (SSSR count). The molecule has 0 saturated carbocycles. The molecule has 0 spiro atoms. The maximum atomic E-state index is 12.3. The molecule has 0 bridgehead atoms. The van der Waals surface area contributed by atoms with Crippen molar-refractivity contribution in [3.63, 3.8) is 0 Å². The number of alkyl halides is 3. The van der Waals surface area contributed by atoms with E-state index < -0.39 is 6.36 Å². The Morgan fingerprint density at radius 2 is 1.78 bits per heavy atom. The lowest BCUT2D eigenvalue weighted by atomic mass is 10.1. The molecule has 1 atom stereocenters. The Kier molecular flexibility index (Phi) is 6.42. The summed E-state index contributed by atoms with van der Waals surface area (Å²) in [5.74, 6) is -0.554. The van der Waals surface area contributed by atoms with Gasteiger partial charge in [0.05, 0.1) is 0 Å². The quantitative estimate of drug-likeness (QED) is 0.544. The van der Waals surface area contributed by atoms with Crippen LogP contribution >= 0.6 is 0 Å². The van der Waals surface area contributed by atoms with E-state index in [0.717, 1.165) is 51.2 Å². The molecule has 0 unspecified atom stereocenters. The molecule has 4 nitrogen and oxygen atoms in total. The summed E-state index contributed by atoms with van der Waals surface area (Å²) in [5.41, 5.74) is 0.340. The number of hydrogen-bond acceptors (Lipinski definition) is 4. The molecule has 2 fully saturated rings. The standard InChI is InChI=1S/C20H25F3N2O2/c21-20(22,23)27-18-8-6-16(7-9-18)19(26)10-14-25-13-4-5-17(25)15-24-11-2-1-3-12-24/h6-10,14,17H,1-5,11-13,15H2/b14-10+/t17-/m0/s1. The van der Waals surface area contributed by atoms with Gasteiger partial charge in [0.15, 0.2) is 5.78 Å². The molecule has 148 valence electrons. The average Bonchev–Trinajstić information content (AvgIpc) is 3.07. The highest BCUT2D eigenvalue weighted by Crippen LogP contribution is 2.23. The number of carbonyl (C=O) groups excluding carboxylic acids is 1. The molecule has 2 aliphatic rings. The van der Waals surface area contributed by atoms with E-state index in [-0.39, 0.29) is 11.5 Å². The highest BCUT2D eigenvalue weighted by Gasteiger charge is 2.31. The van der Waals surface area contributed by atoms with Gasteiger partial charge in [0.25, 0.3) is 0 Å². The zero-order valence-electron chi connectivity index (χ0n) is 15.3. The average molecular weight is 382 g/mol. The second-order valence-electron chi connectivity index (χ2n) is 7.15. The normalized spacial score (nSPS) is 21.7. The molecule has 2 aliphatic heterocycles. The van der Waals surface area contributed by atoms with Crippen LogP contribution in [0.4, 0.5) is 13.2 Å². The van der Waals surface area contributed by atoms with Crippen molar-refractivity contribution in [1.82, 2.24) is 9.80 Å². The van der Waals surface area contributed by atoms with Gasteiger partial charge in [0.1, 0.15) is 5.75 Å². The SMILES string of the molecule is O=C(/C=C/N1CCC[C@H]1CN1CCCCC1)c1ccc(OC(F)(F)F)cc1. The number of ether oxygens (including phenoxy) is 1. The van der Waals surface area contributed by atoms with Crippen molar-refractivity contribution in [1.29, 1.82) is 0 Å². The molecule has 0 aliphatic carbocycles. The summed E-state index contributed by atoms with van der Waals surface area (Å²) < 4.78 is 40.4. The summed E-state index contributed by atoms with van der Waals surface area (Å²) in [7, 11) is 0. The highest BCUT2D eigenvalue weighted by molar-refractivity contribution is 6.04. The van der Waals surface area contributed by atoms with Gasteiger partial charge in [-0.3, -0.25) is 4.79 Å². The van der Waals surface area contributed by atoms with Crippen molar-refractivity contribution in [2.24, 2.45) is 0 Å². The molecule has 0 radical (unpaired) electrons. The maximum Gasteiger partial charge on any atom is 0.573 e. The van der Waals surface area contributed by atoms with Crippen LogP contribution in [0.1, 0.15) is 42.5 Å². The summed E-state index contributed by atoms with van der Waals surface area (Å²) in [6.07, 6.45) is 4.68. The summed E-state index contributed by atoms with van der Waals surface area (Å²) in [5, 5.41) is 0. The van der Waals surface area contributed by atoms with Crippen molar-refractivity contribution in [2.75, 3.05) is 26.2 Å². The second-order valence-corrected chi connectivity index (χ2v) is 7.15. The molecule has 0 N–H and O–H groups in total. The number of likely N-dealkylation sites (tertiary alicyclic amines) is 2. The van der Waals surface area contributed by atoms with E-state index in [4.69, 9.17) is 0 Å². The fraction of sp³-hybridized carbons (Fsp3) is 0.550. The van der Waals surface area contributed by atoms with Crippen LogP contribution in [0.25, 0.3) is 0 Å². The van der Waals surface area contributed by atoms with Gasteiger partial charge in [-0.25, -0.2) is 0 Å². The zero-order chi connectivity index (χ0) is 19.3. The van der Waals surface area contributed by atoms with Crippen molar-refractivity contribution in [3.05, 3.63) is 42.1 Å². The molecule has 1 aromatic rings. The fourth-order valence-corrected chi connectivity index (χ4v) is 3.77. The van der Waals surface area contributed by atoms with Gasteiger partial charge in [-0.15, -0.1) is 13.2 Å². The van der Waals surface area contributed by atoms with Gasteiger partial charge in [-0.05, 0) is 63.0 Å². The molecule has 2 heterocycles. The molecular formula is C20H25F3N2O2. The van der Waals surface area contributed by atoms with Crippen LogP contribution in [0.2, 0.25) is 0 Å². The Balaban J connectivity index is 1.55. The number of benzene rings is 1. The van der Waals surface area contributed by atoms with E-state index >= 15 is 0 Å². The van der Waals surface area contributed by atoms with Gasteiger partial charge in [0, 0.05) is 37.0 Å².